The van der Waals surface area contributed by atoms with E-state index in [-0.39, 0.29) is 34.7 Å². The Bertz CT molecular complexity index is 581. The Kier molecular flexibility index (Phi) is 4.31. The molecule has 4 N–H and O–H groups in total. The molecule has 2 unspecified atom stereocenters. The van der Waals surface area contributed by atoms with E-state index in [1.165, 1.54) is 13.0 Å². The molecule has 0 bridgehead atoms. The zero-order chi connectivity index (χ0) is 14.9. The third kappa shape index (κ3) is 3.28. The van der Waals surface area contributed by atoms with Crippen molar-refractivity contribution in [2.45, 2.75) is 37.2 Å². The molecule has 1 aliphatic rings. The summed E-state index contributed by atoms with van der Waals surface area (Å²) in [6, 6.07) is 2.22. The van der Waals surface area contributed by atoms with Crippen molar-refractivity contribution in [1.82, 2.24) is 4.72 Å². The summed E-state index contributed by atoms with van der Waals surface area (Å²) in [7, 11) is -3.78. The van der Waals surface area contributed by atoms with Gasteiger partial charge in [0.15, 0.2) is 0 Å². The highest BCUT2D eigenvalue weighted by Crippen LogP contribution is 2.25. The number of nitrogen functional groups attached to an aromatic ring is 1. The van der Waals surface area contributed by atoms with Crippen molar-refractivity contribution >= 4 is 15.7 Å². The topological polar surface area (TPSA) is 92.4 Å². The number of hydrogen-bond donors (Lipinski definition) is 3. The Morgan fingerprint density at radius 3 is 2.70 bits per heavy atom. The number of sulfonamides is 1. The third-order valence-corrected chi connectivity index (χ3v) is 5.15. The van der Waals surface area contributed by atoms with E-state index in [1.807, 2.05) is 0 Å². The van der Waals surface area contributed by atoms with Gasteiger partial charge in [-0.1, -0.05) is 0 Å². The van der Waals surface area contributed by atoms with Gasteiger partial charge in [0.1, 0.15) is 5.82 Å². The van der Waals surface area contributed by atoms with E-state index in [2.05, 4.69) is 4.72 Å². The van der Waals surface area contributed by atoms with Gasteiger partial charge in [-0.25, -0.2) is 17.5 Å². The molecule has 0 spiro atoms. The molecule has 2 atom stereocenters. The van der Waals surface area contributed by atoms with E-state index in [9.17, 15) is 17.9 Å². The first-order valence-electron chi connectivity index (χ1n) is 6.53. The minimum atomic E-state index is -3.78. The second-order valence-electron chi connectivity index (χ2n) is 5.30. The van der Waals surface area contributed by atoms with Gasteiger partial charge in [0.25, 0.3) is 0 Å². The Balaban J connectivity index is 2.10. The highest BCUT2D eigenvalue weighted by molar-refractivity contribution is 7.89. The highest BCUT2D eigenvalue weighted by atomic mass is 32.2. The number of nitrogens with two attached hydrogens (primary N) is 1. The smallest absolute Gasteiger partial charge is 0.240 e. The summed E-state index contributed by atoms with van der Waals surface area (Å²) in [5.41, 5.74) is 5.94. The molecule has 112 valence electrons. The van der Waals surface area contributed by atoms with E-state index in [4.69, 9.17) is 5.73 Å². The molecule has 1 aromatic rings. The average Bonchev–Trinajstić information content (AvgIpc) is 2.79. The van der Waals surface area contributed by atoms with Gasteiger partial charge >= 0.3 is 0 Å². The van der Waals surface area contributed by atoms with Crippen LogP contribution in [0.15, 0.2) is 17.0 Å². The molecule has 0 heterocycles. The fourth-order valence-electron chi connectivity index (χ4n) is 2.37. The van der Waals surface area contributed by atoms with Gasteiger partial charge < -0.3 is 10.8 Å². The van der Waals surface area contributed by atoms with Crippen LogP contribution in [0, 0.1) is 18.7 Å². The quantitative estimate of drug-likeness (QED) is 0.728. The fourth-order valence-corrected chi connectivity index (χ4v) is 3.54. The van der Waals surface area contributed by atoms with Gasteiger partial charge in [-0.05, 0) is 44.2 Å². The molecule has 20 heavy (non-hydrogen) atoms. The van der Waals surface area contributed by atoms with Crippen LogP contribution in [-0.4, -0.2) is 26.2 Å². The summed E-state index contributed by atoms with van der Waals surface area (Å²) in [5.74, 6) is -0.519. The molecule has 7 heteroatoms. The minimum absolute atomic E-state index is 0.113. The normalized spacial score (nSPS) is 23.1. The van der Waals surface area contributed by atoms with Crippen LogP contribution in [0.4, 0.5) is 10.1 Å². The number of aliphatic hydroxyl groups is 1. The maximum Gasteiger partial charge on any atom is 0.240 e. The summed E-state index contributed by atoms with van der Waals surface area (Å²) in [4.78, 5) is -0.170. The monoisotopic (exact) mass is 302 g/mol. The lowest BCUT2D eigenvalue weighted by Crippen LogP contribution is -2.29. The van der Waals surface area contributed by atoms with Crippen molar-refractivity contribution in [3.63, 3.8) is 0 Å². The van der Waals surface area contributed by atoms with E-state index >= 15 is 0 Å². The molecule has 0 amide bonds. The first-order chi connectivity index (χ1) is 9.29. The van der Waals surface area contributed by atoms with E-state index in [0.29, 0.717) is 12.8 Å². The number of nitrogens with one attached hydrogen (secondary N) is 1. The first-order valence-corrected chi connectivity index (χ1v) is 8.01. The molecule has 5 nitrogen and oxygen atoms in total. The molecule has 0 aromatic heterocycles. The molecule has 0 radical (unpaired) electrons. The summed E-state index contributed by atoms with van der Waals surface area (Å²) >= 11 is 0. The van der Waals surface area contributed by atoms with Gasteiger partial charge in [-0.15, -0.1) is 0 Å². The van der Waals surface area contributed by atoms with Crippen molar-refractivity contribution in [3.05, 3.63) is 23.5 Å². The fraction of sp³-hybridized carbons (Fsp3) is 0.538. The van der Waals surface area contributed by atoms with Gasteiger partial charge in [0, 0.05) is 17.8 Å². The number of rotatable bonds is 4. The molecule has 0 aliphatic heterocycles. The van der Waals surface area contributed by atoms with Crippen molar-refractivity contribution in [1.29, 1.82) is 0 Å². The zero-order valence-corrected chi connectivity index (χ0v) is 12.1. The second kappa shape index (κ2) is 5.67. The summed E-state index contributed by atoms with van der Waals surface area (Å²) in [5, 5.41) is 9.41. The van der Waals surface area contributed by atoms with Gasteiger partial charge in [-0.3, -0.25) is 0 Å². The first kappa shape index (κ1) is 15.2. The zero-order valence-electron chi connectivity index (χ0n) is 11.3. The van der Waals surface area contributed by atoms with Crippen LogP contribution in [0.25, 0.3) is 0 Å². The lowest BCUT2D eigenvalue weighted by molar-refractivity contribution is 0.178. The minimum Gasteiger partial charge on any atom is -0.398 e. The van der Waals surface area contributed by atoms with E-state index in [1.54, 1.807) is 0 Å². The summed E-state index contributed by atoms with van der Waals surface area (Å²) in [6.45, 7) is 1.74. The van der Waals surface area contributed by atoms with E-state index in [0.717, 1.165) is 12.5 Å². The number of hydrogen-bond acceptors (Lipinski definition) is 4. The predicted molar refractivity (Wildman–Crippen MR) is 74.1 cm³/mol. The summed E-state index contributed by atoms with van der Waals surface area (Å²) in [6.07, 6.45) is 1.72. The number of benzene rings is 1. The maximum absolute atomic E-state index is 13.6. The van der Waals surface area contributed by atoms with Gasteiger partial charge in [0.2, 0.25) is 10.0 Å². The lowest BCUT2D eigenvalue weighted by Gasteiger charge is -2.12. The molecular formula is C13H19FN2O3S. The van der Waals surface area contributed by atoms with Crippen LogP contribution in [0.2, 0.25) is 0 Å². The molecule has 2 rings (SSSR count). The predicted octanol–water partition coefficient (Wildman–Crippen LogP) is 1.16. The van der Waals surface area contributed by atoms with Crippen molar-refractivity contribution in [3.8, 4) is 0 Å². The molecular weight excluding hydrogens is 283 g/mol. The van der Waals surface area contributed by atoms with Crippen molar-refractivity contribution in [2.75, 3.05) is 12.3 Å². The third-order valence-electron chi connectivity index (χ3n) is 3.74. The number of anilines is 1. The Hall–Kier alpha value is -1.18. The largest absolute Gasteiger partial charge is 0.398 e. The molecule has 1 saturated carbocycles. The van der Waals surface area contributed by atoms with Crippen LogP contribution >= 0.6 is 0 Å². The Morgan fingerprint density at radius 2 is 2.15 bits per heavy atom. The number of aliphatic hydroxyl groups excluding tert-OH is 1. The molecule has 1 aromatic carbocycles. The van der Waals surface area contributed by atoms with Crippen LogP contribution < -0.4 is 10.5 Å². The van der Waals surface area contributed by atoms with Gasteiger partial charge in [-0.2, -0.15) is 0 Å². The lowest BCUT2D eigenvalue weighted by atomic mass is 10.1. The Morgan fingerprint density at radius 1 is 1.45 bits per heavy atom. The van der Waals surface area contributed by atoms with Gasteiger partial charge in [0.05, 0.1) is 11.0 Å². The van der Waals surface area contributed by atoms with Crippen LogP contribution in [0.1, 0.15) is 24.8 Å². The number of halogens is 1. The van der Waals surface area contributed by atoms with Crippen LogP contribution in [0.3, 0.4) is 0 Å². The van der Waals surface area contributed by atoms with Crippen LogP contribution in [-0.2, 0) is 10.0 Å². The molecule has 1 fully saturated rings. The standard InChI is InChI=1S/C13H19FN2O3S/c1-8-12(14)5-11(6-13(8)15)20(18,19)16-7-9-2-3-10(17)4-9/h5-6,9-10,16-17H,2-4,7,15H2,1H3. The van der Waals surface area contributed by atoms with Crippen molar-refractivity contribution in [2.24, 2.45) is 5.92 Å². The molecule has 0 saturated heterocycles. The Labute approximate surface area is 118 Å². The second-order valence-corrected chi connectivity index (χ2v) is 7.07. The maximum atomic E-state index is 13.6. The summed E-state index contributed by atoms with van der Waals surface area (Å²) < 4.78 is 40.2. The SMILES string of the molecule is Cc1c(N)cc(S(=O)(=O)NCC2CCC(O)C2)cc1F. The van der Waals surface area contributed by atoms with E-state index < -0.39 is 15.8 Å². The van der Waals surface area contributed by atoms with Crippen molar-refractivity contribution < 1.29 is 17.9 Å². The van der Waals surface area contributed by atoms with Crippen LogP contribution in [0.5, 0.6) is 0 Å². The average molecular weight is 302 g/mol. The highest BCUT2D eigenvalue weighted by Gasteiger charge is 2.25. The molecule has 1 aliphatic carbocycles.